The molecule has 1 aliphatic rings. The van der Waals surface area contributed by atoms with E-state index in [1.54, 1.807) is 0 Å². The lowest BCUT2D eigenvalue weighted by molar-refractivity contribution is 0.0912. The van der Waals surface area contributed by atoms with Gasteiger partial charge in [0.2, 0.25) is 0 Å². The Morgan fingerprint density at radius 1 is 1.14 bits per heavy atom. The van der Waals surface area contributed by atoms with Crippen molar-refractivity contribution in [2.75, 3.05) is 13.1 Å². The van der Waals surface area contributed by atoms with Crippen LogP contribution in [0.3, 0.4) is 0 Å². The molecular weight excluding hydrogens is 260 g/mol. The van der Waals surface area contributed by atoms with E-state index in [9.17, 15) is 4.79 Å². The lowest BCUT2D eigenvalue weighted by Gasteiger charge is -2.36. The molecule has 1 amide bonds. The fourth-order valence-corrected chi connectivity index (χ4v) is 3.65. The smallest absolute Gasteiger partial charge is 0.251 e. The maximum atomic E-state index is 12.5. The van der Waals surface area contributed by atoms with Crippen molar-refractivity contribution >= 4 is 5.91 Å². The van der Waals surface area contributed by atoms with Crippen LogP contribution in [0.2, 0.25) is 0 Å². The molecule has 0 atom stereocenters. The van der Waals surface area contributed by atoms with Gasteiger partial charge in [-0.1, -0.05) is 37.0 Å². The fraction of sp³-hybridized carbons (Fsp3) is 0.611. The van der Waals surface area contributed by atoms with Crippen LogP contribution in [-0.4, -0.2) is 19.0 Å². The predicted octanol–water partition coefficient (Wildman–Crippen LogP) is 3.25. The van der Waals surface area contributed by atoms with E-state index in [-0.39, 0.29) is 11.3 Å². The molecule has 3 nitrogen and oxygen atoms in total. The Bertz CT molecular complexity index is 493. The van der Waals surface area contributed by atoms with E-state index in [4.69, 9.17) is 5.73 Å². The van der Waals surface area contributed by atoms with Crippen molar-refractivity contribution in [1.82, 2.24) is 5.32 Å². The molecule has 0 bridgehead atoms. The first kappa shape index (κ1) is 16.0. The van der Waals surface area contributed by atoms with Gasteiger partial charge in [-0.3, -0.25) is 4.79 Å². The molecule has 0 spiro atoms. The zero-order chi connectivity index (χ0) is 15.5. The van der Waals surface area contributed by atoms with Gasteiger partial charge in [-0.15, -0.1) is 0 Å². The molecule has 1 fully saturated rings. The van der Waals surface area contributed by atoms with Gasteiger partial charge in [0.1, 0.15) is 0 Å². The Morgan fingerprint density at radius 2 is 1.71 bits per heavy atom. The monoisotopic (exact) mass is 288 g/mol. The summed E-state index contributed by atoms with van der Waals surface area (Å²) in [5, 5.41) is 3.14. The summed E-state index contributed by atoms with van der Waals surface area (Å²) in [5.74, 6) is 0.0448. The number of hydrogen-bond acceptors (Lipinski definition) is 2. The first-order valence-corrected chi connectivity index (χ1v) is 8.03. The quantitative estimate of drug-likeness (QED) is 0.893. The number of carbonyl (C=O) groups is 1. The molecule has 1 aliphatic carbocycles. The molecule has 0 heterocycles. The predicted molar refractivity (Wildman–Crippen MR) is 87.6 cm³/mol. The third-order valence-electron chi connectivity index (χ3n) is 4.88. The molecule has 1 saturated carbocycles. The number of aryl methyl sites for hydroxylation is 3. The van der Waals surface area contributed by atoms with Gasteiger partial charge in [0.05, 0.1) is 0 Å². The molecule has 0 aromatic heterocycles. The molecule has 0 unspecified atom stereocenters. The van der Waals surface area contributed by atoms with Gasteiger partial charge in [0.25, 0.3) is 5.91 Å². The van der Waals surface area contributed by atoms with E-state index >= 15 is 0 Å². The van der Waals surface area contributed by atoms with Crippen molar-refractivity contribution in [2.45, 2.75) is 52.9 Å². The number of carbonyl (C=O) groups excluding carboxylic acids is 1. The number of nitrogens with one attached hydrogen (secondary N) is 1. The van der Waals surface area contributed by atoms with Crippen molar-refractivity contribution in [1.29, 1.82) is 0 Å². The summed E-state index contributed by atoms with van der Waals surface area (Å²) in [6.45, 7) is 7.45. The zero-order valence-corrected chi connectivity index (χ0v) is 13.6. The molecule has 1 aromatic rings. The standard InChI is InChI=1S/C18H28N2O/c1-13-9-14(2)16(15(3)10-13)17(21)20-12-18(11-19)7-5-4-6-8-18/h9-10H,4-8,11-12,19H2,1-3H3,(H,20,21). The van der Waals surface area contributed by atoms with Crippen LogP contribution in [0.15, 0.2) is 12.1 Å². The van der Waals surface area contributed by atoms with Crippen LogP contribution in [0.4, 0.5) is 0 Å². The highest BCUT2D eigenvalue weighted by atomic mass is 16.1. The average molecular weight is 288 g/mol. The van der Waals surface area contributed by atoms with E-state index in [1.165, 1.54) is 24.8 Å². The van der Waals surface area contributed by atoms with Crippen molar-refractivity contribution in [3.8, 4) is 0 Å². The van der Waals surface area contributed by atoms with Gasteiger partial charge in [-0.25, -0.2) is 0 Å². The van der Waals surface area contributed by atoms with Crippen LogP contribution in [0, 0.1) is 26.2 Å². The highest BCUT2D eigenvalue weighted by Gasteiger charge is 2.31. The maximum absolute atomic E-state index is 12.5. The number of nitrogens with two attached hydrogens (primary N) is 1. The topological polar surface area (TPSA) is 55.1 Å². The largest absolute Gasteiger partial charge is 0.351 e. The van der Waals surface area contributed by atoms with Crippen LogP contribution >= 0.6 is 0 Å². The zero-order valence-electron chi connectivity index (χ0n) is 13.6. The van der Waals surface area contributed by atoms with Crippen LogP contribution in [0.5, 0.6) is 0 Å². The minimum Gasteiger partial charge on any atom is -0.351 e. The normalized spacial score (nSPS) is 17.5. The fourth-order valence-electron chi connectivity index (χ4n) is 3.65. The Hall–Kier alpha value is -1.35. The Balaban J connectivity index is 2.08. The molecule has 0 aliphatic heterocycles. The van der Waals surface area contributed by atoms with Gasteiger partial charge in [-0.05, 0) is 56.7 Å². The third-order valence-corrected chi connectivity index (χ3v) is 4.88. The van der Waals surface area contributed by atoms with Crippen molar-refractivity contribution in [2.24, 2.45) is 11.1 Å². The lowest BCUT2D eigenvalue weighted by Crippen LogP contribution is -2.44. The van der Waals surface area contributed by atoms with Gasteiger partial charge in [0, 0.05) is 12.1 Å². The lowest BCUT2D eigenvalue weighted by atomic mass is 9.74. The van der Waals surface area contributed by atoms with Crippen molar-refractivity contribution in [3.63, 3.8) is 0 Å². The summed E-state index contributed by atoms with van der Waals surface area (Å²) in [7, 11) is 0. The number of benzene rings is 1. The highest BCUT2D eigenvalue weighted by molar-refractivity contribution is 5.97. The summed E-state index contributed by atoms with van der Waals surface area (Å²) < 4.78 is 0. The summed E-state index contributed by atoms with van der Waals surface area (Å²) in [6.07, 6.45) is 6.03. The SMILES string of the molecule is Cc1cc(C)c(C(=O)NCC2(CN)CCCCC2)c(C)c1. The molecule has 3 heteroatoms. The van der Waals surface area contributed by atoms with Crippen LogP contribution < -0.4 is 11.1 Å². The second-order valence-corrected chi connectivity index (χ2v) is 6.72. The van der Waals surface area contributed by atoms with E-state index < -0.39 is 0 Å². The molecule has 0 saturated heterocycles. The molecule has 0 radical (unpaired) electrons. The van der Waals surface area contributed by atoms with Crippen molar-refractivity contribution < 1.29 is 4.79 Å². The van der Waals surface area contributed by atoms with Crippen molar-refractivity contribution in [3.05, 3.63) is 34.4 Å². The highest BCUT2D eigenvalue weighted by Crippen LogP contribution is 2.34. The van der Waals surface area contributed by atoms with Gasteiger partial charge in [0.15, 0.2) is 0 Å². The van der Waals surface area contributed by atoms with Crippen LogP contribution in [-0.2, 0) is 0 Å². The second kappa shape index (κ2) is 6.61. The summed E-state index contributed by atoms with van der Waals surface area (Å²) >= 11 is 0. The Kier molecular flexibility index (Phi) is 5.04. The molecular formula is C18H28N2O. The van der Waals surface area contributed by atoms with E-state index in [1.807, 2.05) is 13.8 Å². The average Bonchev–Trinajstić information content (AvgIpc) is 2.45. The molecule has 116 valence electrons. The van der Waals surface area contributed by atoms with Crippen LogP contribution in [0.1, 0.15) is 59.2 Å². The minimum absolute atomic E-state index is 0.0448. The summed E-state index contributed by atoms with van der Waals surface area (Å²) in [6, 6.07) is 4.14. The minimum atomic E-state index is 0.0448. The van der Waals surface area contributed by atoms with Gasteiger partial charge >= 0.3 is 0 Å². The van der Waals surface area contributed by atoms with Gasteiger partial charge < -0.3 is 11.1 Å². The summed E-state index contributed by atoms with van der Waals surface area (Å²) in [5.41, 5.74) is 10.2. The molecule has 1 aromatic carbocycles. The van der Waals surface area contributed by atoms with E-state index in [2.05, 4.69) is 24.4 Å². The molecule has 2 rings (SSSR count). The van der Waals surface area contributed by atoms with E-state index in [0.29, 0.717) is 13.1 Å². The van der Waals surface area contributed by atoms with Crippen LogP contribution in [0.25, 0.3) is 0 Å². The Labute approximate surface area is 128 Å². The third kappa shape index (κ3) is 3.65. The van der Waals surface area contributed by atoms with Gasteiger partial charge in [-0.2, -0.15) is 0 Å². The first-order valence-electron chi connectivity index (χ1n) is 8.03. The maximum Gasteiger partial charge on any atom is 0.251 e. The number of rotatable bonds is 4. The second-order valence-electron chi connectivity index (χ2n) is 6.72. The Morgan fingerprint density at radius 3 is 2.24 bits per heavy atom. The van der Waals surface area contributed by atoms with E-state index in [0.717, 1.165) is 29.5 Å². The first-order chi connectivity index (χ1) is 9.97. The number of hydrogen-bond donors (Lipinski definition) is 2. The summed E-state index contributed by atoms with van der Waals surface area (Å²) in [4.78, 5) is 12.5. The molecule has 21 heavy (non-hydrogen) atoms. The molecule has 3 N–H and O–H groups in total. The number of amides is 1.